The van der Waals surface area contributed by atoms with Crippen molar-refractivity contribution in [3.63, 3.8) is 0 Å². The Labute approximate surface area is 225 Å². The van der Waals surface area contributed by atoms with Crippen molar-refractivity contribution >= 4 is 5.84 Å². The molecule has 2 aromatic carbocycles. The first-order valence-electron chi connectivity index (χ1n) is 12.2. The van der Waals surface area contributed by atoms with E-state index in [4.69, 9.17) is 25.4 Å². The fourth-order valence-electron chi connectivity index (χ4n) is 4.04. The number of methoxy groups -OCH3 is 2. The van der Waals surface area contributed by atoms with E-state index in [9.17, 15) is 4.79 Å². The van der Waals surface area contributed by atoms with E-state index < -0.39 is 11.6 Å². The van der Waals surface area contributed by atoms with Gasteiger partial charge in [-0.05, 0) is 49.8 Å². The Bertz CT molecular complexity index is 1440. The van der Waals surface area contributed by atoms with Gasteiger partial charge in [-0.15, -0.1) is 9.78 Å². The number of nitrogens with two attached hydrogens (primary N) is 1. The number of amidine groups is 1. The average molecular weight is 533 g/mol. The van der Waals surface area contributed by atoms with Gasteiger partial charge in [0.25, 0.3) is 5.95 Å². The summed E-state index contributed by atoms with van der Waals surface area (Å²) in [6, 6.07) is 12.7. The maximum atomic E-state index is 12.9. The van der Waals surface area contributed by atoms with E-state index in [0.717, 1.165) is 15.8 Å². The van der Waals surface area contributed by atoms with Crippen LogP contribution in [0.15, 0.2) is 59.7 Å². The number of benzene rings is 2. The van der Waals surface area contributed by atoms with E-state index in [1.165, 1.54) is 0 Å². The molecule has 2 heterocycles. The molecule has 0 aliphatic heterocycles. The highest BCUT2D eigenvalue weighted by Crippen LogP contribution is 2.42. The molecule has 0 amide bonds. The van der Waals surface area contributed by atoms with Crippen LogP contribution in [0.4, 0.5) is 0 Å². The number of aromatic amines is 1. The van der Waals surface area contributed by atoms with Crippen LogP contribution in [0.5, 0.6) is 17.2 Å². The van der Waals surface area contributed by atoms with E-state index in [2.05, 4.69) is 20.1 Å². The van der Waals surface area contributed by atoms with Gasteiger partial charge >= 0.3 is 5.69 Å². The second-order valence-corrected chi connectivity index (χ2v) is 9.05. The third kappa shape index (κ3) is 6.41. The summed E-state index contributed by atoms with van der Waals surface area (Å²) < 4.78 is 18.5. The van der Waals surface area contributed by atoms with Gasteiger partial charge in [0.1, 0.15) is 18.3 Å². The van der Waals surface area contributed by atoms with E-state index in [1.807, 2.05) is 43.3 Å². The van der Waals surface area contributed by atoms with Crippen LogP contribution in [0.3, 0.4) is 0 Å². The number of H-pyrrole nitrogens is 1. The molecule has 2 aromatic heterocycles. The predicted molar refractivity (Wildman–Crippen MR) is 146 cm³/mol. The largest absolute Gasteiger partial charge is 0.493 e. The third-order valence-electron chi connectivity index (χ3n) is 6.08. The molecule has 4 aromatic rings. The molecule has 0 fully saturated rings. The van der Waals surface area contributed by atoms with Crippen LogP contribution in [0.2, 0.25) is 0 Å². The fraction of sp³-hybridized carbons (Fsp3) is 0.296. The van der Waals surface area contributed by atoms with Gasteiger partial charge < -0.3 is 24.8 Å². The van der Waals surface area contributed by atoms with Crippen LogP contribution < -0.4 is 25.6 Å². The zero-order valence-electron chi connectivity index (χ0n) is 22.3. The molecule has 0 aliphatic rings. The molecular formula is C27H32N8O4. The maximum Gasteiger partial charge on any atom is 0.350 e. The first-order chi connectivity index (χ1) is 18.8. The second-order valence-electron chi connectivity index (χ2n) is 9.05. The highest BCUT2D eigenvalue weighted by molar-refractivity contribution is 5.94. The quantitative estimate of drug-likeness (QED) is 0.183. The number of nitrogens with one attached hydrogen (secondary N) is 2. The lowest BCUT2D eigenvalue weighted by Gasteiger charge is -2.21. The average Bonchev–Trinajstić information content (AvgIpc) is 3.33. The molecule has 0 spiro atoms. The smallest absolute Gasteiger partial charge is 0.350 e. The van der Waals surface area contributed by atoms with Crippen LogP contribution >= 0.6 is 0 Å². The number of ether oxygens (including phenoxy) is 3. The first-order valence-corrected chi connectivity index (χ1v) is 12.2. The van der Waals surface area contributed by atoms with Gasteiger partial charge in [0.15, 0.2) is 11.5 Å². The summed E-state index contributed by atoms with van der Waals surface area (Å²) in [5.41, 5.74) is 7.52. The fourth-order valence-corrected chi connectivity index (χ4v) is 4.04. The second kappa shape index (κ2) is 12.2. The van der Waals surface area contributed by atoms with E-state index >= 15 is 0 Å². The summed E-state index contributed by atoms with van der Waals surface area (Å²) in [6.07, 6.45) is 3.55. The molecule has 0 saturated carbocycles. The number of likely N-dealkylation sites (N-methyl/N-ethyl adjacent to an activating group) is 1. The number of aromatic nitrogens is 5. The minimum atomic E-state index is -0.462. The van der Waals surface area contributed by atoms with Crippen molar-refractivity contribution in [3.05, 3.63) is 87.9 Å². The molecule has 1 unspecified atom stereocenters. The molecule has 39 heavy (non-hydrogen) atoms. The van der Waals surface area contributed by atoms with E-state index in [0.29, 0.717) is 48.2 Å². The standard InChI is InChI=1S/C27H32N8O4/c1-34(2)12-13-39-23-21(37-3)15-19(16-22(23)38-4)20(14-17-6-8-18(9-7-17)24(28)29)25-32-27(36)35(33-25)26-30-10-5-11-31-26/h5-11,15-16,20H,12-14H2,1-4H3,(H3,28,29)(H,32,33,36). The Morgan fingerprint density at radius 1 is 1.10 bits per heavy atom. The Morgan fingerprint density at radius 3 is 2.31 bits per heavy atom. The minimum absolute atomic E-state index is 0.0108. The Kier molecular flexibility index (Phi) is 8.56. The van der Waals surface area contributed by atoms with Crippen LogP contribution in [-0.4, -0.2) is 76.9 Å². The molecule has 4 rings (SSSR count). The van der Waals surface area contributed by atoms with Gasteiger partial charge in [-0.1, -0.05) is 24.3 Å². The van der Waals surface area contributed by atoms with Gasteiger partial charge in [0.2, 0.25) is 5.75 Å². The minimum Gasteiger partial charge on any atom is -0.493 e. The predicted octanol–water partition coefficient (Wildman–Crippen LogP) is 1.97. The van der Waals surface area contributed by atoms with Crippen LogP contribution in [0.25, 0.3) is 5.95 Å². The topological polar surface area (TPSA) is 157 Å². The molecule has 0 radical (unpaired) electrons. The Balaban J connectivity index is 1.79. The highest BCUT2D eigenvalue weighted by Gasteiger charge is 2.25. The lowest BCUT2D eigenvalue weighted by Crippen LogP contribution is -2.20. The SMILES string of the molecule is COc1cc(C(Cc2ccc(C(=N)N)cc2)c2nn(-c3ncccn3)c(=O)[nH]2)cc(OC)c1OCCN(C)C. The van der Waals surface area contributed by atoms with E-state index in [-0.39, 0.29) is 11.8 Å². The zero-order chi connectivity index (χ0) is 27.9. The van der Waals surface area contributed by atoms with Crippen LogP contribution in [-0.2, 0) is 6.42 Å². The summed E-state index contributed by atoms with van der Waals surface area (Å²) in [5, 5.41) is 12.2. The summed E-state index contributed by atoms with van der Waals surface area (Å²) in [4.78, 5) is 26.1. The van der Waals surface area contributed by atoms with Gasteiger partial charge in [-0.25, -0.2) is 14.8 Å². The number of nitrogen functional groups attached to an aromatic ring is 1. The molecule has 1 atom stereocenters. The number of rotatable bonds is 12. The van der Waals surface area contributed by atoms with Gasteiger partial charge in [0.05, 0.1) is 14.2 Å². The normalized spacial score (nSPS) is 11.8. The summed E-state index contributed by atoms with van der Waals surface area (Å²) in [5.74, 6) is 1.63. The van der Waals surface area contributed by atoms with Gasteiger partial charge in [-0.2, -0.15) is 0 Å². The van der Waals surface area contributed by atoms with Crippen molar-refractivity contribution in [2.24, 2.45) is 5.73 Å². The van der Waals surface area contributed by atoms with Crippen molar-refractivity contribution in [2.45, 2.75) is 12.3 Å². The summed E-state index contributed by atoms with van der Waals surface area (Å²) >= 11 is 0. The molecule has 0 aliphatic carbocycles. The lowest BCUT2D eigenvalue weighted by molar-refractivity contribution is 0.239. The van der Waals surface area contributed by atoms with Crippen molar-refractivity contribution < 1.29 is 14.2 Å². The number of hydrogen-bond acceptors (Lipinski definition) is 9. The Hall–Kier alpha value is -4.71. The molecule has 12 nitrogen and oxygen atoms in total. The molecule has 204 valence electrons. The number of nitrogens with zero attached hydrogens (tertiary/aromatic N) is 5. The summed E-state index contributed by atoms with van der Waals surface area (Å²) in [7, 11) is 7.07. The van der Waals surface area contributed by atoms with Crippen LogP contribution in [0.1, 0.15) is 28.4 Å². The Morgan fingerprint density at radius 2 is 1.74 bits per heavy atom. The van der Waals surface area contributed by atoms with Crippen molar-refractivity contribution in [2.75, 3.05) is 41.5 Å². The molecule has 12 heteroatoms. The van der Waals surface area contributed by atoms with Crippen LogP contribution in [0, 0.1) is 5.41 Å². The van der Waals surface area contributed by atoms with E-state index in [1.54, 1.807) is 44.8 Å². The highest BCUT2D eigenvalue weighted by atomic mass is 16.5. The summed E-state index contributed by atoms with van der Waals surface area (Å²) in [6.45, 7) is 1.16. The molecule has 4 N–H and O–H groups in total. The molecular weight excluding hydrogens is 500 g/mol. The number of hydrogen-bond donors (Lipinski definition) is 3. The van der Waals surface area contributed by atoms with Crippen molar-refractivity contribution in [1.29, 1.82) is 5.41 Å². The first kappa shape index (κ1) is 27.3. The third-order valence-corrected chi connectivity index (χ3v) is 6.08. The van der Waals surface area contributed by atoms with Gasteiger partial charge in [-0.3, -0.25) is 10.4 Å². The monoisotopic (exact) mass is 532 g/mol. The lowest BCUT2D eigenvalue weighted by atomic mass is 9.90. The molecule has 0 bridgehead atoms. The van der Waals surface area contributed by atoms with Crippen molar-refractivity contribution in [1.82, 2.24) is 29.6 Å². The molecule has 0 saturated heterocycles. The van der Waals surface area contributed by atoms with Crippen molar-refractivity contribution in [3.8, 4) is 23.2 Å². The zero-order valence-corrected chi connectivity index (χ0v) is 22.3. The maximum absolute atomic E-state index is 12.9. The van der Waals surface area contributed by atoms with Gasteiger partial charge in [0, 0.05) is 30.4 Å².